The van der Waals surface area contributed by atoms with Gasteiger partial charge in [-0.05, 0) is 33.6 Å². The number of oxazole rings is 1. The lowest BCUT2D eigenvalue weighted by atomic mass is 9.95. The molecule has 0 aliphatic carbocycles. The molecule has 1 aromatic heterocycles. The van der Waals surface area contributed by atoms with Crippen LogP contribution in [-0.2, 0) is 4.74 Å². The number of rotatable bonds is 1. The van der Waals surface area contributed by atoms with Gasteiger partial charge in [-0.3, -0.25) is 0 Å². The summed E-state index contributed by atoms with van der Waals surface area (Å²) in [4.78, 5) is 17.8. The van der Waals surface area contributed by atoms with E-state index in [4.69, 9.17) is 9.15 Å². The fraction of sp³-hybridized carbons (Fsp3) is 0.714. The number of aromatic nitrogens is 1. The number of hydrogen-bond donors (Lipinski definition) is 0. The van der Waals surface area contributed by atoms with Gasteiger partial charge in [0, 0.05) is 25.9 Å². The molecule has 19 heavy (non-hydrogen) atoms. The largest absolute Gasteiger partial charge is 0.446 e. The van der Waals surface area contributed by atoms with E-state index in [1.807, 2.05) is 27.7 Å². The van der Waals surface area contributed by atoms with E-state index >= 15 is 0 Å². The van der Waals surface area contributed by atoms with E-state index in [0.29, 0.717) is 24.9 Å². The highest BCUT2D eigenvalue weighted by Gasteiger charge is 2.28. The molecule has 1 aliphatic heterocycles. The maximum absolute atomic E-state index is 11.9. The summed E-state index contributed by atoms with van der Waals surface area (Å²) in [6.07, 6.45) is 3.37. The molecule has 1 aliphatic rings. The van der Waals surface area contributed by atoms with Gasteiger partial charge in [0.2, 0.25) is 0 Å². The molecule has 0 bridgehead atoms. The summed E-state index contributed by atoms with van der Waals surface area (Å²) in [6, 6.07) is 0. The van der Waals surface area contributed by atoms with Crippen molar-refractivity contribution in [2.24, 2.45) is 0 Å². The second kappa shape index (κ2) is 5.23. The van der Waals surface area contributed by atoms with Crippen molar-refractivity contribution in [3.8, 4) is 0 Å². The molecule has 0 atom stereocenters. The molecular formula is C14H22N2O3. The lowest BCUT2D eigenvalue weighted by Crippen LogP contribution is -2.41. The van der Waals surface area contributed by atoms with Gasteiger partial charge in [-0.2, -0.15) is 0 Å². The van der Waals surface area contributed by atoms with Gasteiger partial charge in [0.15, 0.2) is 5.89 Å². The number of carbonyl (C=O) groups excluding carboxylic acids is 1. The highest BCUT2D eigenvalue weighted by molar-refractivity contribution is 5.68. The molecule has 1 saturated heterocycles. The highest BCUT2D eigenvalue weighted by Crippen LogP contribution is 2.29. The standard InChI is InChI=1S/C14H22N2O3/c1-10-15-9-12(18-10)11-5-7-16(8-6-11)13(17)19-14(2,3)4/h9,11H,5-8H2,1-4H3. The smallest absolute Gasteiger partial charge is 0.410 e. The zero-order chi connectivity index (χ0) is 14.0. The number of ether oxygens (including phenoxy) is 1. The van der Waals surface area contributed by atoms with Gasteiger partial charge < -0.3 is 14.1 Å². The predicted octanol–water partition coefficient (Wildman–Crippen LogP) is 3.10. The van der Waals surface area contributed by atoms with E-state index in [2.05, 4.69) is 4.98 Å². The third kappa shape index (κ3) is 3.72. The summed E-state index contributed by atoms with van der Waals surface area (Å²) < 4.78 is 10.9. The number of likely N-dealkylation sites (tertiary alicyclic amines) is 1. The Balaban J connectivity index is 1.87. The molecule has 2 heterocycles. The minimum Gasteiger partial charge on any atom is -0.446 e. The Morgan fingerprint density at radius 3 is 2.53 bits per heavy atom. The van der Waals surface area contributed by atoms with Crippen LogP contribution in [0.1, 0.15) is 51.2 Å². The third-order valence-corrected chi connectivity index (χ3v) is 3.19. The van der Waals surface area contributed by atoms with E-state index in [-0.39, 0.29) is 6.09 Å². The molecule has 0 aromatic carbocycles. The summed E-state index contributed by atoms with van der Waals surface area (Å²) in [5, 5.41) is 0. The van der Waals surface area contributed by atoms with Gasteiger partial charge in [0.1, 0.15) is 11.4 Å². The van der Waals surface area contributed by atoms with E-state index in [1.54, 1.807) is 11.1 Å². The first-order chi connectivity index (χ1) is 8.85. The van der Waals surface area contributed by atoms with Gasteiger partial charge in [-0.15, -0.1) is 0 Å². The molecule has 1 aromatic rings. The predicted molar refractivity (Wildman–Crippen MR) is 71.0 cm³/mol. The van der Waals surface area contributed by atoms with E-state index in [9.17, 15) is 4.79 Å². The first-order valence-electron chi connectivity index (χ1n) is 6.75. The second-order valence-electron chi connectivity index (χ2n) is 6.02. The monoisotopic (exact) mass is 266 g/mol. The molecular weight excluding hydrogens is 244 g/mol. The maximum atomic E-state index is 11.9. The Morgan fingerprint density at radius 2 is 2.05 bits per heavy atom. The van der Waals surface area contributed by atoms with Crippen molar-refractivity contribution in [2.45, 2.75) is 52.1 Å². The molecule has 1 amide bonds. The van der Waals surface area contributed by atoms with Crippen LogP contribution in [0.4, 0.5) is 4.79 Å². The average molecular weight is 266 g/mol. The number of piperidine rings is 1. The summed E-state index contributed by atoms with van der Waals surface area (Å²) in [7, 11) is 0. The Bertz CT molecular complexity index is 440. The Hall–Kier alpha value is -1.52. The van der Waals surface area contributed by atoms with Crippen molar-refractivity contribution in [3.05, 3.63) is 17.8 Å². The number of carbonyl (C=O) groups is 1. The molecule has 1 fully saturated rings. The quantitative estimate of drug-likeness (QED) is 0.783. The topological polar surface area (TPSA) is 55.6 Å². The van der Waals surface area contributed by atoms with Crippen LogP contribution in [0, 0.1) is 6.92 Å². The molecule has 2 rings (SSSR count). The van der Waals surface area contributed by atoms with Gasteiger partial charge in [-0.1, -0.05) is 0 Å². The molecule has 0 spiro atoms. The Kier molecular flexibility index (Phi) is 3.83. The molecule has 0 unspecified atom stereocenters. The number of hydrogen-bond acceptors (Lipinski definition) is 4. The van der Waals surface area contributed by atoms with Crippen molar-refractivity contribution < 1.29 is 13.9 Å². The van der Waals surface area contributed by atoms with E-state index < -0.39 is 5.60 Å². The zero-order valence-corrected chi connectivity index (χ0v) is 12.1. The van der Waals surface area contributed by atoms with Crippen molar-refractivity contribution >= 4 is 6.09 Å². The van der Waals surface area contributed by atoms with Gasteiger partial charge in [-0.25, -0.2) is 9.78 Å². The van der Waals surface area contributed by atoms with Crippen LogP contribution in [0.25, 0.3) is 0 Å². The Labute approximate surface area is 113 Å². The SMILES string of the molecule is Cc1ncc(C2CCN(C(=O)OC(C)(C)C)CC2)o1. The Morgan fingerprint density at radius 1 is 1.42 bits per heavy atom. The summed E-state index contributed by atoms with van der Waals surface area (Å²) >= 11 is 0. The van der Waals surface area contributed by atoms with Gasteiger partial charge >= 0.3 is 6.09 Å². The van der Waals surface area contributed by atoms with Crippen LogP contribution in [0.5, 0.6) is 0 Å². The second-order valence-corrected chi connectivity index (χ2v) is 6.02. The molecule has 106 valence electrons. The van der Waals surface area contributed by atoms with Gasteiger partial charge in [0.05, 0.1) is 6.20 Å². The average Bonchev–Trinajstić information content (AvgIpc) is 2.74. The van der Waals surface area contributed by atoms with Crippen LogP contribution >= 0.6 is 0 Å². The summed E-state index contributed by atoms with van der Waals surface area (Å²) in [5.41, 5.74) is -0.435. The lowest BCUT2D eigenvalue weighted by molar-refractivity contribution is 0.0200. The lowest BCUT2D eigenvalue weighted by Gasteiger charge is -2.32. The van der Waals surface area contributed by atoms with E-state index in [0.717, 1.165) is 18.6 Å². The van der Waals surface area contributed by atoms with Crippen molar-refractivity contribution in [1.82, 2.24) is 9.88 Å². The summed E-state index contributed by atoms with van der Waals surface area (Å²) in [5.74, 6) is 1.99. The molecule has 0 N–H and O–H groups in total. The molecule has 0 saturated carbocycles. The highest BCUT2D eigenvalue weighted by atomic mass is 16.6. The number of aryl methyl sites for hydroxylation is 1. The van der Waals surface area contributed by atoms with Crippen molar-refractivity contribution in [1.29, 1.82) is 0 Å². The number of nitrogens with zero attached hydrogens (tertiary/aromatic N) is 2. The molecule has 5 heteroatoms. The van der Waals surface area contributed by atoms with Crippen LogP contribution in [-0.4, -0.2) is 34.7 Å². The van der Waals surface area contributed by atoms with Crippen LogP contribution < -0.4 is 0 Å². The fourth-order valence-corrected chi connectivity index (χ4v) is 2.24. The van der Waals surface area contributed by atoms with Crippen molar-refractivity contribution in [3.63, 3.8) is 0 Å². The molecule has 0 radical (unpaired) electrons. The van der Waals surface area contributed by atoms with Crippen LogP contribution in [0.2, 0.25) is 0 Å². The first kappa shape index (κ1) is 13.9. The normalized spacial score (nSPS) is 17.6. The fourth-order valence-electron chi connectivity index (χ4n) is 2.24. The maximum Gasteiger partial charge on any atom is 0.410 e. The number of amides is 1. The third-order valence-electron chi connectivity index (χ3n) is 3.19. The summed E-state index contributed by atoms with van der Waals surface area (Å²) in [6.45, 7) is 8.91. The van der Waals surface area contributed by atoms with Crippen LogP contribution in [0.3, 0.4) is 0 Å². The van der Waals surface area contributed by atoms with Crippen LogP contribution in [0.15, 0.2) is 10.6 Å². The van der Waals surface area contributed by atoms with Gasteiger partial charge in [0.25, 0.3) is 0 Å². The van der Waals surface area contributed by atoms with Crippen molar-refractivity contribution in [2.75, 3.05) is 13.1 Å². The molecule has 5 nitrogen and oxygen atoms in total. The minimum absolute atomic E-state index is 0.222. The van der Waals surface area contributed by atoms with E-state index in [1.165, 1.54) is 0 Å². The minimum atomic E-state index is -0.435. The first-order valence-corrected chi connectivity index (χ1v) is 6.75. The zero-order valence-electron chi connectivity index (χ0n) is 12.1.